The normalized spacial score (nSPS) is 11.9. The molecule has 7 nitrogen and oxygen atoms in total. The molecule has 2 N–H and O–H groups in total. The average molecular weight is 467 g/mol. The van der Waals surface area contributed by atoms with Gasteiger partial charge in [-0.15, -0.1) is 11.3 Å². The van der Waals surface area contributed by atoms with Crippen LogP contribution in [0.25, 0.3) is 6.08 Å². The van der Waals surface area contributed by atoms with Gasteiger partial charge >= 0.3 is 0 Å². The molecule has 2 amide bonds. The number of carbonyl (C=O) groups excluding carboxylic acids is 2. The highest BCUT2D eigenvalue weighted by Crippen LogP contribution is 2.25. The first-order valence-corrected chi connectivity index (χ1v) is 11.2. The highest BCUT2D eigenvalue weighted by atomic mass is 32.1. The fourth-order valence-corrected chi connectivity index (χ4v) is 3.56. The van der Waals surface area contributed by atoms with Crippen LogP contribution in [0.5, 0.6) is 17.2 Å². The Morgan fingerprint density at radius 2 is 1.70 bits per heavy atom. The van der Waals surface area contributed by atoms with Crippen LogP contribution < -0.4 is 24.8 Å². The highest BCUT2D eigenvalue weighted by Gasteiger charge is 2.18. The van der Waals surface area contributed by atoms with Crippen molar-refractivity contribution in [2.45, 2.75) is 13.0 Å². The van der Waals surface area contributed by atoms with Crippen molar-refractivity contribution in [3.05, 3.63) is 82.2 Å². The van der Waals surface area contributed by atoms with Gasteiger partial charge in [0.15, 0.2) is 11.5 Å². The minimum absolute atomic E-state index is 0.141. The molecule has 1 heterocycles. The molecule has 1 atom stereocenters. The van der Waals surface area contributed by atoms with Gasteiger partial charge in [0.25, 0.3) is 11.8 Å². The average Bonchev–Trinajstić information content (AvgIpc) is 3.35. The van der Waals surface area contributed by atoms with E-state index in [0.717, 1.165) is 4.88 Å². The first-order valence-electron chi connectivity index (χ1n) is 10.3. The Hall–Kier alpha value is -3.78. The summed E-state index contributed by atoms with van der Waals surface area (Å²) >= 11 is 1.46. The zero-order chi connectivity index (χ0) is 23.6. The van der Waals surface area contributed by atoms with Crippen molar-refractivity contribution in [1.29, 1.82) is 0 Å². The summed E-state index contributed by atoms with van der Waals surface area (Å²) in [7, 11) is 3.13. The predicted octanol–water partition coefficient (Wildman–Crippen LogP) is 4.12. The number of ether oxygens (including phenoxy) is 3. The van der Waals surface area contributed by atoms with Crippen LogP contribution in [-0.2, 0) is 4.79 Å². The Morgan fingerprint density at radius 1 is 0.970 bits per heavy atom. The maximum Gasteiger partial charge on any atom is 0.268 e. The van der Waals surface area contributed by atoms with E-state index in [1.807, 2.05) is 36.6 Å². The number of hydrogen-bond acceptors (Lipinski definition) is 6. The van der Waals surface area contributed by atoms with Gasteiger partial charge in [-0.25, -0.2) is 0 Å². The molecule has 0 aliphatic carbocycles. The molecule has 1 unspecified atom stereocenters. The van der Waals surface area contributed by atoms with E-state index in [4.69, 9.17) is 14.2 Å². The summed E-state index contributed by atoms with van der Waals surface area (Å²) in [4.78, 5) is 26.6. The number of methoxy groups -OCH3 is 2. The molecule has 3 aromatic rings. The zero-order valence-corrected chi connectivity index (χ0v) is 19.5. The third-order valence-electron chi connectivity index (χ3n) is 4.61. The Kier molecular flexibility index (Phi) is 8.49. The minimum atomic E-state index is -0.415. The lowest BCUT2D eigenvalue weighted by molar-refractivity contribution is -0.118. The maximum absolute atomic E-state index is 13.0. The fourth-order valence-electron chi connectivity index (χ4n) is 2.91. The van der Waals surface area contributed by atoms with Gasteiger partial charge in [0.1, 0.15) is 18.1 Å². The summed E-state index contributed by atoms with van der Waals surface area (Å²) in [6, 6.07) is 17.4. The first-order chi connectivity index (χ1) is 16.0. The molecule has 2 aromatic carbocycles. The van der Waals surface area contributed by atoms with Crippen molar-refractivity contribution in [2.75, 3.05) is 20.8 Å². The number of amides is 2. The van der Waals surface area contributed by atoms with E-state index in [1.165, 1.54) is 11.3 Å². The lowest BCUT2D eigenvalue weighted by Crippen LogP contribution is -2.41. The molecule has 0 aliphatic rings. The van der Waals surface area contributed by atoms with Crippen molar-refractivity contribution < 1.29 is 23.8 Å². The number of carbonyl (C=O) groups is 2. The molecular formula is C25H26N2O5S. The van der Waals surface area contributed by atoms with Gasteiger partial charge < -0.3 is 24.8 Å². The second-order valence-electron chi connectivity index (χ2n) is 7.09. The van der Waals surface area contributed by atoms with Gasteiger partial charge in [0, 0.05) is 10.4 Å². The van der Waals surface area contributed by atoms with Crippen molar-refractivity contribution in [2.24, 2.45) is 0 Å². The number of para-hydroxylation sites is 2. The van der Waals surface area contributed by atoms with Crippen molar-refractivity contribution in [3.8, 4) is 17.2 Å². The van der Waals surface area contributed by atoms with E-state index in [1.54, 1.807) is 56.7 Å². The fraction of sp³-hybridized carbons (Fsp3) is 0.200. The molecule has 8 heteroatoms. The maximum atomic E-state index is 13.0. The Labute approximate surface area is 197 Å². The van der Waals surface area contributed by atoms with Gasteiger partial charge in [-0.3, -0.25) is 9.59 Å². The number of rotatable bonds is 10. The third-order valence-corrected chi connectivity index (χ3v) is 5.43. The summed E-state index contributed by atoms with van der Waals surface area (Å²) in [5, 5.41) is 7.49. The molecule has 0 spiro atoms. The predicted molar refractivity (Wildman–Crippen MR) is 129 cm³/mol. The van der Waals surface area contributed by atoms with E-state index < -0.39 is 11.8 Å². The molecule has 0 radical (unpaired) electrons. The Bertz CT molecular complexity index is 1090. The quantitative estimate of drug-likeness (QED) is 0.439. The highest BCUT2D eigenvalue weighted by molar-refractivity contribution is 7.10. The van der Waals surface area contributed by atoms with Crippen LogP contribution in [0.3, 0.4) is 0 Å². The largest absolute Gasteiger partial charge is 0.497 e. The number of thiophene rings is 1. The topological polar surface area (TPSA) is 85.9 Å². The van der Waals surface area contributed by atoms with E-state index >= 15 is 0 Å². The van der Waals surface area contributed by atoms with Gasteiger partial charge in [-0.05, 0) is 60.8 Å². The van der Waals surface area contributed by atoms with E-state index in [9.17, 15) is 9.59 Å². The smallest absolute Gasteiger partial charge is 0.268 e. The molecule has 0 saturated carbocycles. The molecule has 33 heavy (non-hydrogen) atoms. The molecule has 1 aromatic heterocycles. The second-order valence-corrected chi connectivity index (χ2v) is 8.07. The van der Waals surface area contributed by atoms with Gasteiger partial charge in [0.2, 0.25) is 0 Å². The van der Waals surface area contributed by atoms with Crippen molar-refractivity contribution in [1.82, 2.24) is 10.6 Å². The van der Waals surface area contributed by atoms with Gasteiger partial charge in [0.05, 0.1) is 20.3 Å². The molecule has 3 rings (SSSR count). The van der Waals surface area contributed by atoms with Gasteiger partial charge in [-0.1, -0.05) is 18.2 Å². The van der Waals surface area contributed by atoms with Crippen LogP contribution in [0.2, 0.25) is 0 Å². The van der Waals surface area contributed by atoms with Crippen LogP contribution in [0, 0.1) is 0 Å². The van der Waals surface area contributed by atoms with Crippen LogP contribution in [0.1, 0.15) is 22.2 Å². The monoisotopic (exact) mass is 466 g/mol. The summed E-state index contributed by atoms with van der Waals surface area (Å²) < 4.78 is 16.2. The Morgan fingerprint density at radius 3 is 2.33 bits per heavy atom. The lowest BCUT2D eigenvalue weighted by atomic mass is 10.2. The Balaban J connectivity index is 1.68. The zero-order valence-electron chi connectivity index (χ0n) is 18.7. The molecule has 0 saturated heterocycles. The number of nitrogens with one attached hydrogen (secondary N) is 2. The standard InChI is InChI=1S/C25H26N2O5S/c1-17(16-32-23-9-5-4-8-22(23)31-3)26-25(29)21(15-20-7-6-14-33-20)27-24(28)18-10-12-19(30-2)13-11-18/h4-15,17H,16H2,1-3H3,(H,26,29)(H,27,28)/b21-15-. The summed E-state index contributed by atoms with van der Waals surface area (Å²) in [5.41, 5.74) is 0.552. The molecule has 0 aliphatic heterocycles. The van der Waals surface area contributed by atoms with E-state index in [-0.39, 0.29) is 18.3 Å². The number of benzene rings is 2. The molecule has 0 fully saturated rings. The van der Waals surface area contributed by atoms with Crippen LogP contribution in [0.15, 0.2) is 71.7 Å². The lowest BCUT2D eigenvalue weighted by Gasteiger charge is -2.18. The van der Waals surface area contributed by atoms with Gasteiger partial charge in [-0.2, -0.15) is 0 Å². The van der Waals surface area contributed by atoms with Crippen molar-refractivity contribution >= 4 is 29.2 Å². The SMILES string of the molecule is COc1ccc(C(=O)N/C(=C\c2cccs2)C(=O)NC(C)COc2ccccc2OC)cc1. The van der Waals surface area contributed by atoms with E-state index in [2.05, 4.69) is 10.6 Å². The summed E-state index contributed by atoms with van der Waals surface area (Å²) in [5.74, 6) is 1.03. The number of hydrogen-bond donors (Lipinski definition) is 2. The van der Waals surface area contributed by atoms with E-state index in [0.29, 0.717) is 22.8 Å². The van der Waals surface area contributed by atoms with Crippen LogP contribution in [0.4, 0.5) is 0 Å². The minimum Gasteiger partial charge on any atom is -0.497 e. The van der Waals surface area contributed by atoms with Crippen LogP contribution in [-0.4, -0.2) is 38.7 Å². The van der Waals surface area contributed by atoms with Crippen molar-refractivity contribution in [3.63, 3.8) is 0 Å². The first kappa shape index (κ1) is 23.9. The van der Waals surface area contributed by atoms with Crippen LogP contribution >= 0.6 is 11.3 Å². The molecule has 0 bridgehead atoms. The summed E-state index contributed by atoms with van der Waals surface area (Å²) in [6.45, 7) is 2.05. The summed E-state index contributed by atoms with van der Waals surface area (Å²) in [6.07, 6.45) is 1.65. The third kappa shape index (κ3) is 6.85. The molecular weight excluding hydrogens is 440 g/mol. The second kappa shape index (κ2) is 11.7. The molecule has 172 valence electrons.